The molecule has 2 aromatic rings. The molecule has 3 rings (SSSR count). The normalized spacial score (nSPS) is 14.8. The molecule has 1 aliphatic carbocycles. The molecule has 2 amide bonds. The molecule has 0 aliphatic heterocycles. The summed E-state index contributed by atoms with van der Waals surface area (Å²) in [6, 6.07) is 14.2. The summed E-state index contributed by atoms with van der Waals surface area (Å²) in [7, 11) is 3.89. The van der Waals surface area contributed by atoms with Gasteiger partial charge >= 0.3 is 6.03 Å². The van der Waals surface area contributed by atoms with Crippen LogP contribution in [0.4, 0.5) is 10.6 Å². The van der Waals surface area contributed by atoms with Gasteiger partial charge in [0.1, 0.15) is 5.82 Å². The molecule has 1 heterocycles. The lowest BCUT2D eigenvalue weighted by molar-refractivity contribution is 0.239. The molecule has 0 unspecified atom stereocenters. The lowest BCUT2D eigenvalue weighted by Gasteiger charge is -2.18. The number of pyridine rings is 1. The number of anilines is 1. The lowest BCUT2D eigenvalue weighted by Crippen LogP contribution is -2.39. The van der Waals surface area contributed by atoms with Crippen LogP contribution in [0.2, 0.25) is 0 Å². The molecule has 0 saturated heterocycles. The van der Waals surface area contributed by atoms with Crippen LogP contribution in [-0.4, -0.2) is 31.7 Å². The smallest absolute Gasteiger partial charge is 0.315 e. The summed E-state index contributed by atoms with van der Waals surface area (Å²) in [5.74, 6) is 0.876. The number of aromatic nitrogens is 1. The second-order valence-electron chi connectivity index (χ2n) is 6.56. The fraction of sp³-hybridized carbons (Fsp3) is 0.368. The van der Waals surface area contributed by atoms with E-state index in [0.717, 1.165) is 24.2 Å². The van der Waals surface area contributed by atoms with Gasteiger partial charge in [-0.05, 0) is 24.5 Å². The topological polar surface area (TPSA) is 57.3 Å². The summed E-state index contributed by atoms with van der Waals surface area (Å²) in [5.41, 5.74) is 2.44. The number of rotatable bonds is 6. The lowest BCUT2D eigenvalue weighted by atomic mass is 9.96. The Morgan fingerprint density at radius 1 is 1.12 bits per heavy atom. The zero-order valence-electron chi connectivity index (χ0n) is 14.2. The van der Waals surface area contributed by atoms with Crippen LogP contribution in [0.5, 0.6) is 0 Å². The second-order valence-corrected chi connectivity index (χ2v) is 6.56. The fourth-order valence-electron chi connectivity index (χ4n) is 2.97. The van der Waals surface area contributed by atoms with Gasteiger partial charge in [0.2, 0.25) is 0 Å². The number of hydrogen-bond donors (Lipinski definition) is 2. The van der Waals surface area contributed by atoms with Gasteiger partial charge in [-0.25, -0.2) is 9.78 Å². The van der Waals surface area contributed by atoms with Crippen LogP contribution in [-0.2, 0) is 12.0 Å². The van der Waals surface area contributed by atoms with E-state index in [0.29, 0.717) is 13.1 Å². The van der Waals surface area contributed by atoms with E-state index in [-0.39, 0.29) is 11.4 Å². The second kappa shape index (κ2) is 6.91. The van der Waals surface area contributed by atoms with Crippen molar-refractivity contribution < 1.29 is 4.79 Å². The molecular weight excluding hydrogens is 300 g/mol. The van der Waals surface area contributed by atoms with Crippen LogP contribution in [0.1, 0.15) is 24.0 Å². The first-order valence-corrected chi connectivity index (χ1v) is 8.29. The van der Waals surface area contributed by atoms with Crippen molar-refractivity contribution in [3.05, 3.63) is 59.8 Å². The Hall–Kier alpha value is -2.56. The number of carbonyl (C=O) groups excluding carboxylic acids is 1. The summed E-state index contributed by atoms with van der Waals surface area (Å²) in [6.45, 7) is 1.14. The predicted molar refractivity (Wildman–Crippen MR) is 96.2 cm³/mol. The standard InChI is InChI=1S/C19H24N4O/c1-23(2)17-15(7-6-12-20-17)13-21-18(24)22-14-19(10-11-19)16-8-4-3-5-9-16/h3-9,12H,10-11,13-14H2,1-2H3,(H2,21,22,24). The van der Waals surface area contributed by atoms with Crippen molar-refractivity contribution in [3.63, 3.8) is 0 Å². The average molecular weight is 324 g/mol. The van der Waals surface area contributed by atoms with Crippen LogP contribution in [0.3, 0.4) is 0 Å². The van der Waals surface area contributed by atoms with Gasteiger partial charge in [0, 0.05) is 44.4 Å². The third-order valence-electron chi connectivity index (χ3n) is 4.56. The van der Waals surface area contributed by atoms with E-state index < -0.39 is 0 Å². The molecule has 1 saturated carbocycles. The molecule has 5 nitrogen and oxygen atoms in total. The number of nitrogens with zero attached hydrogens (tertiary/aromatic N) is 2. The van der Waals surface area contributed by atoms with E-state index in [9.17, 15) is 4.79 Å². The van der Waals surface area contributed by atoms with Gasteiger partial charge in [-0.15, -0.1) is 0 Å². The molecule has 1 aliphatic rings. The largest absolute Gasteiger partial charge is 0.362 e. The Morgan fingerprint density at radius 2 is 1.88 bits per heavy atom. The van der Waals surface area contributed by atoms with Crippen molar-refractivity contribution in [1.29, 1.82) is 0 Å². The van der Waals surface area contributed by atoms with Crippen molar-refractivity contribution in [2.45, 2.75) is 24.8 Å². The van der Waals surface area contributed by atoms with E-state index in [1.165, 1.54) is 5.56 Å². The Bertz CT molecular complexity index is 696. The molecular formula is C19H24N4O. The highest BCUT2D eigenvalue weighted by Gasteiger charge is 2.44. The zero-order chi connectivity index (χ0) is 17.0. The minimum Gasteiger partial charge on any atom is -0.362 e. The van der Waals surface area contributed by atoms with E-state index in [2.05, 4.69) is 39.9 Å². The van der Waals surface area contributed by atoms with Gasteiger partial charge < -0.3 is 15.5 Å². The number of nitrogens with one attached hydrogen (secondary N) is 2. The van der Waals surface area contributed by atoms with Gasteiger partial charge in [-0.2, -0.15) is 0 Å². The van der Waals surface area contributed by atoms with Gasteiger partial charge in [-0.3, -0.25) is 0 Å². The summed E-state index contributed by atoms with van der Waals surface area (Å²) in [4.78, 5) is 18.4. The van der Waals surface area contributed by atoms with Crippen LogP contribution in [0, 0.1) is 0 Å². The van der Waals surface area contributed by atoms with Crippen LogP contribution in [0.15, 0.2) is 48.7 Å². The van der Waals surface area contributed by atoms with Gasteiger partial charge in [-0.1, -0.05) is 36.4 Å². The van der Waals surface area contributed by atoms with Gasteiger partial charge in [0.25, 0.3) is 0 Å². The SMILES string of the molecule is CN(C)c1ncccc1CNC(=O)NCC1(c2ccccc2)CC1. The molecule has 126 valence electrons. The minimum absolute atomic E-state index is 0.127. The third kappa shape index (κ3) is 3.67. The maximum absolute atomic E-state index is 12.1. The molecule has 24 heavy (non-hydrogen) atoms. The van der Waals surface area contributed by atoms with Crippen LogP contribution < -0.4 is 15.5 Å². The fourth-order valence-corrected chi connectivity index (χ4v) is 2.97. The maximum atomic E-state index is 12.1. The van der Waals surface area contributed by atoms with E-state index in [4.69, 9.17) is 0 Å². The highest BCUT2D eigenvalue weighted by Crippen LogP contribution is 2.47. The van der Waals surface area contributed by atoms with Crippen molar-refractivity contribution in [1.82, 2.24) is 15.6 Å². The number of urea groups is 1. The number of amides is 2. The molecule has 1 aromatic carbocycles. The highest BCUT2D eigenvalue weighted by molar-refractivity contribution is 5.74. The summed E-state index contributed by atoms with van der Waals surface area (Å²) in [6.07, 6.45) is 4.02. The summed E-state index contributed by atoms with van der Waals surface area (Å²) in [5, 5.41) is 5.95. The molecule has 0 radical (unpaired) electrons. The minimum atomic E-state index is -0.134. The maximum Gasteiger partial charge on any atom is 0.315 e. The molecule has 2 N–H and O–H groups in total. The van der Waals surface area contributed by atoms with Crippen molar-refractivity contribution >= 4 is 11.8 Å². The summed E-state index contributed by atoms with van der Waals surface area (Å²) >= 11 is 0. The molecule has 1 fully saturated rings. The highest BCUT2D eigenvalue weighted by atomic mass is 16.2. The Morgan fingerprint density at radius 3 is 2.54 bits per heavy atom. The van der Waals surface area contributed by atoms with E-state index >= 15 is 0 Å². The van der Waals surface area contributed by atoms with Gasteiger partial charge in [0.05, 0.1) is 0 Å². The van der Waals surface area contributed by atoms with E-state index in [1.807, 2.05) is 37.2 Å². The van der Waals surface area contributed by atoms with Crippen LogP contribution in [0.25, 0.3) is 0 Å². The first kappa shape index (κ1) is 16.3. The Kier molecular flexibility index (Phi) is 4.69. The molecule has 0 atom stereocenters. The number of hydrogen-bond acceptors (Lipinski definition) is 3. The molecule has 1 aromatic heterocycles. The molecule has 0 spiro atoms. The van der Waals surface area contributed by atoms with Crippen molar-refractivity contribution in [2.75, 3.05) is 25.5 Å². The molecule has 0 bridgehead atoms. The van der Waals surface area contributed by atoms with Gasteiger partial charge in [0.15, 0.2) is 0 Å². The van der Waals surface area contributed by atoms with Crippen molar-refractivity contribution in [2.24, 2.45) is 0 Å². The average Bonchev–Trinajstić information content (AvgIpc) is 3.40. The Labute approximate surface area is 143 Å². The number of carbonyl (C=O) groups is 1. The number of benzene rings is 1. The van der Waals surface area contributed by atoms with Crippen molar-refractivity contribution in [3.8, 4) is 0 Å². The first-order chi connectivity index (χ1) is 11.6. The van der Waals surface area contributed by atoms with E-state index in [1.54, 1.807) is 6.20 Å². The monoisotopic (exact) mass is 324 g/mol. The zero-order valence-corrected chi connectivity index (χ0v) is 14.2. The van der Waals surface area contributed by atoms with Crippen LogP contribution >= 0.6 is 0 Å². The first-order valence-electron chi connectivity index (χ1n) is 8.29. The molecule has 5 heteroatoms. The Balaban J connectivity index is 1.52. The summed E-state index contributed by atoms with van der Waals surface area (Å²) < 4.78 is 0. The predicted octanol–water partition coefficient (Wildman–Crippen LogP) is 2.68. The quantitative estimate of drug-likeness (QED) is 0.859. The third-order valence-corrected chi connectivity index (χ3v) is 4.56.